The highest BCUT2D eigenvalue weighted by Crippen LogP contribution is 2.29. The van der Waals surface area contributed by atoms with Crippen molar-refractivity contribution in [2.45, 2.75) is 6.42 Å². The van der Waals surface area contributed by atoms with Gasteiger partial charge in [0.2, 0.25) is 5.91 Å². The molecule has 8 heteroatoms. The smallest absolute Gasteiger partial charge is 0.227 e. The topological polar surface area (TPSA) is 92.9 Å². The summed E-state index contributed by atoms with van der Waals surface area (Å²) in [7, 11) is 0. The third-order valence-electron chi connectivity index (χ3n) is 3.06. The summed E-state index contributed by atoms with van der Waals surface area (Å²) in [5.74, 6) is -2.31. The molecule has 1 heterocycles. The van der Waals surface area contributed by atoms with Crippen LogP contribution in [0.4, 0.5) is 14.5 Å². The summed E-state index contributed by atoms with van der Waals surface area (Å²) in [5, 5.41) is 12.0. The fraction of sp³-hybridized carbons (Fsp3) is 0.333. The monoisotopic (exact) mass is 277 g/mol. The maximum absolute atomic E-state index is 13.8. The average Bonchev–Trinajstić information content (AvgIpc) is 2.79. The number of nitrogens with zero attached hydrogens (tertiary/aromatic N) is 5. The minimum absolute atomic E-state index is 0.111. The summed E-state index contributed by atoms with van der Waals surface area (Å²) >= 11 is 0. The van der Waals surface area contributed by atoms with Crippen molar-refractivity contribution in [3.05, 3.63) is 39.8 Å². The van der Waals surface area contributed by atoms with Crippen LogP contribution in [-0.2, 0) is 4.79 Å². The molecule has 1 fully saturated rings. The Kier molecular flexibility index (Phi) is 3.82. The van der Waals surface area contributed by atoms with Gasteiger partial charge in [-0.2, -0.15) is 5.26 Å². The molecule has 20 heavy (non-hydrogen) atoms. The lowest BCUT2D eigenvalue weighted by Crippen LogP contribution is -2.26. The minimum atomic E-state index is -0.879. The zero-order chi connectivity index (χ0) is 14.7. The molecule has 0 aromatic heterocycles. The van der Waals surface area contributed by atoms with Crippen LogP contribution < -0.4 is 4.90 Å². The van der Waals surface area contributed by atoms with E-state index in [1.54, 1.807) is 0 Å². The number of carbonyl (C=O) groups is 1. The Morgan fingerprint density at radius 2 is 2.25 bits per heavy atom. The highest BCUT2D eigenvalue weighted by Gasteiger charge is 2.32. The second-order valence-corrected chi connectivity index (χ2v) is 4.38. The van der Waals surface area contributed by atoms with Crippen LogP contribution in [0.25, 0.3) is 10.4 Å². The Bertz CT molecular complexity index is 648. The fourth-order valence-corrected chi connectivity index (χ4v) is 2.12. The van der Waals surface area contributed by atoms with Crippen molar-refractivity contribution in [3.63, 3.8) is 0 Å². The van der Waals surface area contributed by atoms with Crippen LogP contribution in [0, 0.1) is 28.9 Å². The van der Waals surface area contributed by atoms with Gasteiger partial charge in [0.1, 0.15) is 17.7 Å². The Hall–Kier alpha value is -2.65. The number of amides is 1. The van der Waals surface area contributed by atoms with Crippen LogP contribution in [0.3, 0.4) is 0 Å². The molecule has 0 aliphatic carbocycles. The molecular weight excluding hydrogens is 268 g/mol. The van der Waals surface area contributed by atoms with Gasteiger partial charge in [0, 0.05) is 30.5 Å². The van der Waals surface area contributed by atoms with Crippen molar-refractivity contribution in [1.29, 1.82) is 5.26 Å². The van der Waals surface area contributed by atoms with E-state index in [0.717, 1.165) is 17.0 Å². The average molecular weight is 277 g/mol. The molecule has 0 saturated carbocycles. The van der Waals surface area contributed by atoms with Crippen LogP contribution >= 0.6 is 0 Å². The normalized spacial score (nSPS) is 17.8. The van der Waals surface area contributed by atoms with Gasteiger partial charge in [-0.25, -0.2) is 8.78 Å². The highest BCUT2D eigenvalue weighted by atomic mass is 19.1. The summed E-state index contributed by atoms with van der Waals surface area (Å²) in [6.45, 7) is 0.277. The van der Waals surface area contributed by atoms with Gasteiger partial charge in [-0.05, 0) is 17.5 Å². The molecular formula is C12H9F2N5O. The van der Waals surface area contributed by atoms with Gasteiger partial charge in [-0.1, -0.05) is 5.11 Å². The number of carbonyl (C=O) groups excluding carboxylic acids is 1. The van der Waals surface area contributed by atoms with Crippen LogP contribution in [0.1, 0.15) is 12.0 Å². The molecule has 1 atom stereocenters. The number of nitriles is 1. The van der Waals surface area contributed by atoms with Crippen LogP contribution in [0.2, 0.25) is 0 Å². The van der Waals surface area contributed by atoms with Gasteiger partial charge in [-0.15, -0.1) is 0 Å². The predicted octanol–water partition coefficient (Wildman–Crippen LogP) is 2.50. The van der Waals surface area contributed by atoms with Gasteiger partial charge in [0.25, 0.3) is 0 Å². The van der Waals surface area contributed by atoms with E-state index in [2.05, 4.69) is 10.0 Å². The maximum Gasteiger partial charge on any atom is 0.227 e. The second kappa shape index (κ2) is 5.55. The lowest BCUT2D eigenvalue weighted by molar-refractivity contribution is -0.117. The van der Waals surface area contributed by atoms with E-state index in [-0.39, 0.29) is 37.0 Å². The van der Waals surface area contributed by atoms with Gasteiger partial charge in [0.15, 0.2) is 0 Å². The van der Waals surface area contributed by atoms with E-state index in [1.165, 1.54) is 6.07 Å². The van der Waals surface area contributed by atoms with E-state index in [0.29, 0.717) is 0 Å². The Labute approximate surface area is 112 Å². The number of hydrogen-bond donors (Lipinski definition) is 0. The molecule has 1 aliphatic rings. The van der Waals surface area contributed by atoms with Crippen molar-refractivity contribution >= 4 is 11.6 Å². The molecule has 1 amide bonds. The molecule has 0 spiro atoms. The number of anilines is 1. The molecule has 2 rings (SSSR count). The molecule has 0 N–H and O–H groups in total. The second-order valence-electron chi connectivity index (χ2n) is 4.38. The van der Waals surface area contributed by atoms with Crippen molar-refractivity contribution in [2.24, 2.45) is 11.0 Å². The standard InChI is InChI=1S/C12H9F2N5O/c13-9-3-11(10(14)2-8(9)4-15)19-6-7(1-12(19)20)5-17-18-16/h2-3,7H,1,5-6H2. The summed E-state index contributed by atoms with van der Waals surface area (Å²) in [6.07, 6.45) is 0.111. The van der Waals surface area contributed by atoms with Crippen LogP contribution in [0.15, 0.2) is 17.2 Å². The number of rotatable bonds is 3. The quantitative estimate of drug-likeness (QED) is 0.482. The van der Waals surface area contributed by atoms with E-state index in [9.17, 15) is 13.6 Å². The van der Waals surface area contributed by atoms with Crippen LogP contribution in [0.5, 0.6) is 0 Å². The molecule has 1 aromatic rings. The number of halogens is 2. The zero-order valence-electron chi connectivity index (χ0n) is 10.3. The first-order chi connectivity index (χ1) is 9.56. The molecule has 102 valence electrons. The van der Waals surface area contributed by atoms with Crippen molar-refractivity contribution in [1.82, 2.24) is 0 Å². The first-order valence-electron chi connectivity index (χ1n) is 5.77. The number of hydrogen-bond acceptors (Lipinski definition) is 3. The van der Waals surface area contributed by atoms with E-state index < -0.39 is 17.2 Å². The molecule has 1 aromatic carbocycles. The largest absolute Gasteiger partial charge is 0.309 e. The molecule has 6 nitrogen and oxygen atoms in total. The predicted molar refractivity (Wildman–Crippen MR) is 65.5 cm³/mol. The molecule has 0 bridgehead atoms. The van der Waals surface area contributed by atoms with Gasteiger partial charge in [-0.3, -0.25) is 4.79 Å². The first-order valence-corrected chi connectivity index (χ1v) is 5.77. The maximum atomic E-state index is 13.8. The lowest BCUT2D eigenvalue weighted by Gasteiger charge is -2.17. The fourth-order valence-electron chi connectivity index (χ4n) is 2.12. The summed E-state index contributed by atoms with van der Waals surface area (Å²) in [4.78, 5) is 15.5. The minimum Gasteiger partial charge on any atom is -0.309 e. The van der Waals surface area contributed by atoms with Gasteiger partial charge in [0.05, 0.1) is 11.3 Å². The Morgan fingerprint density at radius 3 is 2.90 bits per heavy atom. The van der Waals surface area contributed by atoms with Crippen molar-refractivity contribution in [3.8, 4) is 6.07 Å². The zero-order valence-corrected chi connectivity index (χ0v) is 10.3. The van der Waals surface area contributed by atoms with Gasteiger partial charge >= 0.3 is 0 Å². The molecule has 0 radical (unpaired) electrons. The van der Waals surface area contributed by atoms with Crippen molar-refractivity contribution < 1.29 is 13.6 Å². The third kappa shape index (κ3) is 2.53. The highest BCUT2D eigenvalue weighted by molar-refractivity contribution is 5.96. The van der Waals surface area contributed by atoms with Gasteiger partial charge < -0.3 is 4.90 Å². The molecule has 1 saturated heterocycles. The molecule has 1 unspecified atom stereocenters. The first kappa shape index (κ1) is 13.8. The number of azide groups is 1. The Balaban J connectivity index is 2.29. The summed E-state index contributed by atoms with van der Waals surface area (Å²) in [5.41, 5.74) is 7.62. The SMILES string of the molecule is N#Cc1cc(F)c(N2CC(CN=[N+]=[N-])CC2=O)cc1F. The van der Waals surface area contributed by atoms with Crippen LogP contribution in [-0.4, -0.2) is 19.0 Å². The Morgan fingerprint density at radius 1 is 1.50 bits per heavy atom. The third-order valence-corrected chi connectivity index (χ3v) is 3.06. The van der Waals surface area contributed by atoms with E-state index >= 15 is 0 Å². The van der Waals surface area contributed by atoms with Crippen molar-refractivity contribution in [2.75, 3.05) is 18.0 Å². The summed E-state index contributed by atoms with van der Waals surface area (Å²) < 4.78 is 27.3. The lowest BCUT2D eigenvalue weighted by atomic mass is 10.1. The van der Waals surface area contributed by atoms with E-state index in [1.807, 2.05) is 0 Å². The number of benzene rings is 1. The molecule has 1 aliphatic heterocycles. The summed E-state index contributed by atoms with van der Waals surface area (Å²) in [6, 6.07) is 3.13. The van der Waals surface area contributed by atoms with E-state index in [4.69, 9.17) is 10.8 Å².